The van der Waals surface area contributed by atoms with Gasteiger partial charge in [-0.05, 0) is 83.0 Å². The first-order chi connectivity index (χ1) is 11.9. The van der Waals surface area contributed by atoms with Crippen molar-refractivity contribution in [1.82, 2.24) is 0 Å². The van der Waals surface area contributed by atoms with Gasteiger partial charge in [-0.25, -0.2) is 0 Å². The van der Waals surface area contributed by atoms with Crippen LogP contribution in [0.1, 0.15) is 86.8 Å². The molecule has 2 nitrogen and oxygen atoms in total. The fourth-order valence-electron chi connectivity index (χ4n) is 4.43. The van der Waals surface area contributed by atoms with Crippen LogP contribution in [-0.2, 0) is 10.8 Å². The lowest BCUT2D eigenvalue weighted by atomic mass is 9.78. The molecule has 0 spiro atoms. The maximum Gasteiger partial charge on any atom is 0.119 e. The van der Waals surface area contributed by atoms with E-state index in [2.05, 4.69) is 60.6 Å². The van der Waals surface area contributed by atoms with Gasteiger partial charge >= 0.3 is 0 Å². The number of hydrogen-bond acceptors (Lipinski definition) is 2. The second-order valence-corrected chi connectivity index (χ2v) is 9.68. The van der Waals surface area contributed by atoms with Crippen LogP contribution < -0.4 is 0 Å². The maximum atomic E-state index is 10.5. The third kappa shape index (κ3) is 3.11. The number of fused-ring (bicyclic) bond motifs is 2. The molecule has 2 aromatic carbocycles. The number of phenols is 2. The third-order valence-electron chi connectivity index (χ3n) is 6.11. The minimum atomic E-state index is -0.105. The maximum absolute atomic E-state index is 10.5. The van der Waals surface area contributed by atoms with Gasteiger partial charge in [-0.2, -0.15) is 0 Å². The molecule has 0 saturated heterocycles. The second kappa shape index (κ2) is 6.04. The van der Waals surface area contributed by atoms with Crippen molar-refractivity contribution in [2.75, 3.05) is 0 Å². The molecule has 2 heteroatoms. The first-order valence-corrected chi connectivity index (χ1v) is 9.60. The van der Waals surface area contributed by atoms with Gasteiger partial charge in [0.2, 0.25) is 0 Å². The summed E-state index contributed by atoms with van der Waals surface area (Å²) in [5.41, 5.74) is 6.77. The Morgan fingerprint density at radius 1 is 0.885 bits per heavy atom. The van der Waals surface area contributed by atoms with Gasteiger partial charge < -0.3 is 10.2 Å². The fourth-order valence-corrected chi connectivity index (χ4v) is 4.43. The van der Waals surface area contributed by atoms with Gasteiger partial charge in [-0.1, -0.05) is 46.8 Å². The minimum Gasteiger partial charge on any atom is -0.508 e. The Hall–Kier alpha value is -1.96. The molecule has 26 heavy (non-hydrogen) atoms. The summed E-state index contributed by atoms with van der Waals surface area (Å²) in [7, 11) is 0. The first kappa shape index (κ1) is 18.8. The molecule has 0 amide bonds. The molecule has 0 fully saturated rings. The van der Waals surface area contributed by atoms with Crippen LogP contribution >= 0.6 is 0 Å². The van der Waals surface area contributed by atoms with E-state index in [1.807, 2.05) is 12.1 Å². The van der Waals surface area contributed by atoms with E-state index in [0.717, 1.165) is 35.1 Å². The van der Waals surface area contributed by atoms with E-state index in [4.69, 9.17) is 0 Å². The molecular formula is C24H32O2. The lowest BCUT2D eigenvalue weighted by molar-refractivity contribution is 0.414. The Morgan fingerprint density at radius 3 is 2.00 bits per heavy atom. The van der Waals surface area contributed by atoms with Crippen molar-refractivity contribution in [3.63, 3.8) is 0 Å². The predicted octanol–water partition coefficient (Wildman–Crippen LogP) is 6.22. The smallest absolute Gasteiger partial charge is 0.119 e. The van der Waals surface area contributed by atoms with Crippen molar-refractivity contribution < 1.29 is 10.2 Å². The fraction of sp³-hybridized carbons (Fsp3) is 0.500. The zero-order valence-electron chi connectivity index (χ0n) is 17.2. The second-order valence-electron chi connectivity index (χ2n) is 9.68. The Bertz CT molecular complexity index is 853. The molecule has 1 unspecified atom stereocenters. The monoisotopic (exact) mass is 352 g/mol. The number of benzene rings is 2. The van der Waals surface area contributed by atoms with E-state index in [1.54, 1.807) is 0 Å². The van der Waals surface area contributed by atoms with Crippen LogP contribution in [0.4, 0.5) is 0 Å². The van der Waals surface area contributed by atoms with Crippen LogP contribution in [0.3, 0.4) is 0 Å². The van der Waals surface area contributed by atoms with Gasteiger partial charge in [0.15, 0.2) is 0 Å². The number of rotatable bonds is 1. The van der Waals surface area contributed by atoms with E-state index >= 15 is 0 Å². The zero-order valence-corrected chi connectivity index (χ0v) is 17.2. The summed E-state index contributed by atoms with van der Waals surface area (Å²) < 4.78 is 0. The lowest BCUT2D eigenvalue weighted by Gasteiger charge is -2.27. The SMILES string of the molecule is Cc1cc(O)c(C(C)(C)C)cc1C1CCC(C)(C)c2cc1c(C)cc2O. The van der Waals surface area contributed by atoms with Crippen LogP contribution in [-0.4, -0.2) is 10.2 Å². The molecule has 140 valence electrons. The highest BCUT2D eigenvalue weighted by atomic mass is 16.3. The molecule has 0 aromatic heterocycles. The molecular weight excluding hydrogens is 320 g/mol. The number of hydrogen-bond donors (Lipinski definition) is 2. The first-order valence-electron chi connectivity index (χ1n) is 9.60. The molecule has 1 aliphatic carbocycles. The van der Waals surface area contributed by atoms with Crippen LogP contribution in [0.2, 0.25) is 0 Å². The molecule has 2 bridgehead atoms. The predicted molar refractivity (Wildman–Crippen MR) is 108 cm³/mol. The minimum absolute atomic E-state index is 0.0427. The van der Waals surface area contributed by atoms with Gasteiger partial charge in [0.1, 0.15) is 11.5 Å². The third-order valence-corrected chi connectivity index (χ3v) is 6.11. The van der Waals surface area contributed by atoms with Crippen molar-refractivity contribution in [2.24, 2.45) is 0 Å². The quantitative estimate of drug-likeness (QED) is 0.640. The Labute approximate surface area is 157 Å². The van der Waals surface area contributed by atoms with Crippen molar-refractivity contribution in [3.8, 4) is 11.5 Å². The number of aryl methyl sites for hydroxylation is 2. The summed E-state index contributed by atoms with van der Waals surface area (Å²) in [5.74, 6) is 1.09. The highest BCUT2D eigenvalue weighted by Crippen LogP contribution is 2.47. The van der Waals surface area contributed by atoms with Gasteiger partial charge in [-0.3, -0.25) is 0 Å². The molecule has 0 aliphatic heterocycles. The summed E-state index contributed by atoms with van der Waals surface area (Å²) in [6.45, 7) is 15.0. The van der Waals surface area contributed by atoms with Gasteiger partial charge in [0, 0.05) is 5.92 Å². The number of aromatic hydroxyl groups is 2. The molecule has 0 heterocycles. The molecule has 0 saturated carbocycles. The van der Waals surface area contributed by atoms with Crippen molar-refractivity contribution in [1.29, 1.82) is 0 Å². The zero-order chi connectivity index (χ0) is 19.4. The van der Waals surface area contributed by atoms with Crippen LogP contribution in [0, 0.1) is 13.8 Å². The van der Waals surface area contributed by atoms with Crippen LogP contribution in [0.5, 0.6) is 11.5 Å². The molecule has 1 aliphatic rings. The topological polar surface area (TPSA) is 40.5 Å². The van der Waals surface area contributed by atoms with Gasteiger partial charge in [0.25, 0.3) is 0 Å². The highest BCUT2D eigenvalue weighted by molar-refractivity contribution is 5.53. The molecule has 0 radical (unpaired) electrons. The summed E-state index contributed by atoms with van der Waals surface area (Å²) >= 11 is 0. The van der Waals surface area contributed by atoms with E-state index < -0.39 is 0 Å². The van der Waals surface area contributed by atoms with E-state index in [-0.39, 0.29) is 16.7 Å². The Kier molecular flexibility index (Phi) is 4.37. The standard InChI is InChI=1S/C24H32O2/c1-14-10-21(25)19(23(3,4)5)12-17(14)16-8-9-24(6,7)20-13-18(16)15(2)11-22(20)26/h10-13,16,25-26H,8-9H2,1-7H3. The van der Waals surface area contributed by atoms with Gasteiger partial charge in [-0.15, -0.1) is 0 Å². The molecule has 2 N–H and O–H groups in total. The lowest BCUT2D eigenvalue weighted by Crippen LogP contribution is -2.16. The summed E-state index contributed by atoms with van der Waals surface area (Å²) in [6.07, 6.45) is 2.05. The highest BCUT2D eigenvalue weighted by Gasteiger charge is 2.33. The van der Waals surface area contributed by atoms with Crippen molar-refractivity contribution >= 4 is 0 Å². The van der Waals surface area contributed by atoms with Crippen LogP contribution in [0.25, 0.3) is 0 Å². The normalized spacial score (nSPS) is 19.3. The summed E-state index contributed by atoms with van der Waals surface area (Å²) in [6, 6.07) is 8.26. The Morgan fingerprint density at radius 2 is 1.42 bits per heavy atom. The number of phenolic OH excluding ortho intramolecular Hbond substituents is 2. The summed E-state index contributed by atoms with van der Waals surface area (Å²) in [5, 5.41) is 21.0. The molecule has 3 rings (SSSR count). The van der Waals surface area contributed by atoms with E-state index in [9.17, 15) is 10.2 Å². The Balaban J connectivity index is 2.22. The van der Waals surface area contributed by atoms with E-state index in [1.165, 1.54) is 11.1 Å². The largest absolute Gasteiger partial charge is 0.508 e. The average molecular weight is 353 g/mol. The van der Waals surface area contributed by atoms with Crippen LogP contribution in [0.15, 0.2) is 24.3 Å². The van der Waals surface area contributed by atoms with Crippen molar-refractivity contribution in [3.05, 3.63) is 57.6 Å². The average Bonchev–Trinajstić information content (AvgIpc) is 2.60. The molecule has 1 atom stereocenters. The van der Waals surface area contributed by atoms with E-state index in [0.29, 0.717) is 11.5 Å². The van der Waals surface area contributed by atoms with Gasteiger partial charge in [0.05, 0.1) is 0 Å². The summed E-state index contributed by atoms with van der Waals surface area (Å²) in [4.78, 5) is 0. The van der Waals surface area contributed by atoms with Crippen molar-refractivity contribution in [2.45, 2.75) is 78.1 Å². The molecule has 2 aromatic rings.